The Morgan fingerprint density at radius 2 is 1.86 bits per heavy atom. The van der Waals surface area contributed by atoms with Crippen molar-refractivity contribution < 1.29 is 0 Å². The number of imidazole rings is 1. The quantitative estimate of drug-likeness (QED) is 0.798. The predicted molar refractivity (Wildman–Crippen MR) is 85.0 cm³/mol. The number of hydrogen-bond donors (Lipinski definition) is 1. The topological polar surface area (TPSA) is 56.7 Å². The maximum atomic E-state index is 6.42. The Balaban J connectivity index is 2.01. The van der Waals surface area contributed by atoms with Crippen molar-refractivity contribution in [3.8, 4) is 0 Å². The van der Waals surface area contributed by atoms with Gasteiger partial charge in [0.2, 0.25) is 0 Å². The van der Waals surface area contributed by atoms with E-state index >= 15 is 0 Å². The third-order valence-electron chi connectivity index (χ3n) is 3.62. The molecule has 4 heteroatoms. The fourth-order valence-corrected chi connectivity index (χ4v) is 2.68. The average molecular weight is 280 g/mol. The van der Waals surface area contributed by atoms with Crippen LogP contribution in [0.25, 0.3) is 11.2 Å². The number of nitrogens with two attached hydrogens (primary N) is 1. The zero-order valence-electron chi connectivity index (χ0n) is 12.4. The molecule has 3 aromatic rings. The van der Waals surface area contributed by atoms with Gasteiger partial charge in [-0.05, 0) is 38.0 Å². The Bertz CT molecular complexity index is 731. The number of aromatic nitrogens is 3. The van der Waals surface area contributed by atoms with Gasteiger partial charge in [-0.25, -0.2) is 9.97 Å². The molecule has 1 unspecified atom stereocenters. The SMILES string of the molecule is CC(C)n1c(C(N)Cc2ccccc2)nc2cccnc21. The Hall–Kier alpha value is -2.20. The lowest BCUT2D eigenvalue weighted by Gasteiger charge is -2.17. The summed E-state index contributed by atoms with van der Waals surface area (Å²) in [5, 5.41) is 0. The monoisotopic (exact) mass is 280 g/mol. The predicted octanol–water partition coefficient (Wildman–Crippen LogP) is 3.25. The molecule has 2 N–H and O–H groups in total. The molecule has 2 aromatic heterocycles. The molecule has 4 nitrogen and oxygen atoms in total. The van der Waals surface area contributed by atoms with E-state index < -0.39 is 0 Å². The van der Waals surface area contributed by atoms with E-state index in [0.29, 0.717) is 0 Å². The summed E-state index contributed by atoms with van der Waals surface area (Å²) >= 11 is 0. The molecule has 0 fully saturated rings. The van der Waals surface area contributed by atoms with Gasteiger partial charge in [-0.2, -0.15) is 0 Å². The van der Waals surface area contributed by atoms with E-state index in [1.165, 1.54) is 5.56 Å². The molecule has 108 valence electrons. The summed E-state index contributed by atoms with van der Waals surface area (Å²) in [6.07, 6.45) is 2.58. The van der Waals surface area contributed by atoms with Crippen LogP contribution in [0.3, 0.4) is 0 Å². The Labute approximate surface area is 124 Å². The lowest BCUT2D eigenvalue weighted by molar-refractivity contribution is 0.537. The van der Waals surface area contributed by atoms with E-state index in [1.54, 1.807) is 6.20 Å². The molecule has 0 aliphatic rings. The van der Waals surface area contributed by atoms with Gasteiger partial charge in [0, 0.05) is 12.2 Å². The number of benzene rings is 1. The van der Waals surface area contributed by atoms with Crippen molar-refractivity contribution >= 4 is 11.2 Å². The number of rotatable bonds is 4. The van der Waals surface area contributed by atoms with Gasteiger partial charge in [-0.3, -0.25) is 0 Å². The van der Waals surface area contributed by atoms with E-state index in [4.69, 9.17) is 10.7 Å². The first kappa shape index (κ1) is 13.8. The van der Waals surface area contributed by atoms with E-state index in [2.05, 4.69) is 35.5 Å². The highest BCUT2D eigenvalue weighted by Crippen LogP contribution is 2.24. The van der Waals surface area contributed by atoms with E-state index in [1.807, 2.05) is 30.3 Å². The zero-order valence-corrected chi connectivity index (χ0v) is 12.4. The van der Waals surface area contributed by atoms with E-state index in [-0.39, 0.29) is 12.1 Å². The summed E-state index contributed by atoms with van der Waals surface area (Å²) in [4.78, 5) is 9.16. The van der Waals surface area contributed by atoms with Gasteiger partial charge < -0.3 is 10.3 Å². The first-order valence-corrected chi connectivity index (χ1v) is 7.29. The van der Waals surface area contributed by atoms with E-state index in [0.717, 1.165) is 23.4 Å². The van der Waals surface area contributed by atoms with Crippen molar-refractivity contribution in [1.29, 1.82) is 0 Å². The number of fused-ring (bicyclic) bond motifs is 1. The molecule has 0 spiro atoms. The number of hydrogen-bond acceptors (Lipinski definition) is 3. The minimum Gasteiger partial charge on any atom is -0.321 e. The highest BCUT2D eigenvalue weighted by atomic mass is 15.2. The van der Waals surface area contributed by atoms with Crippen molar-refractivity contribution in [2.24, 2.45) is 5.73 Å². The maximum Gasteiger partial charge on any atom is 0.160 e. The molecule has 0 bridgehead atoms. The lowest BCUT2D eigenvalue weighted by Crippen LogP contribution is -2.20. The fourth-order valence-electron chi connectivity index (χ4n) is 2.68. The van der Waals surface area contributed by atoms with Crippen LogP contribution in [-0.4, -0.2) is 14.5 Å². The molecule has 0 radical (unpaired) electrons. The molecular formula is C17H20N4. The molecule has 2 heterocycles. The van der Waals surface area contributed by atoms with Gasteiger partial charge in [0.15, 0.2) is 5.65 Å². The molecule has 0 saturated carbocycles. The molecule has 21 heavy (non-hydrogen) atoms. The molecule has 0 aliphatic heterocycles. The highest BCUT2D eigenvalue weighted by Gasteiger charge is 2.19. The third-order valence-corrected chi connectivity index (χ3v) is 3.62. The molecule has 1 atom stereocenters. The van der Waals surface area contributed by atoms with Gasteiger partial charge in [0.25, 0.3) is 0 Å². The summed E-state index contributed by atoms with van der Waals surface area (Å²) < 4.78 is 2.14. The Kier molecular flexibility index (Phi) is 3.71. The summed E-state index contributed by atoms with van der Waals surface area (Å²) in [5.74, 6) is 0.905. The molecule has 1 aromatic carbocycles. The van der Waals surface area contributed by atoms with Crippen LogP contribution >= 0.6 is 0 Å². The van der Waals surface area contributed by atoms with Gasteiger partial charge in [0.05, 0.1) is 6.04 Å². The minimum absolute atomic E-state index is 0.135. The normalized spacial score (nSPS) is 13.0. The minimum atomic E-state index is -0.135. The Morgan fingerprint density at radius 3 is 2.57 bits per heavy atom. The van der Waals surface area contributed by atoms with Crippen molar-refractivity contribution in [3.05, 3.63) is 60.0 Å². The van der Waals surface area contributed by atoms with Crippen LogP contribution in [0.4, 0.5) is 0 Å². The first-order chi connectivity index (χ1) is 10.2. The summed E-state index contributed by atoms with van der Waals surface area (Å²) in [6.45, 7) is 4.27. The zero-order chi connectivity index (χ0) is 14.8. The molecule has 0 aliphatic carbocycles. The standard InChI is InChI=1S/C17H20N4/c1-12(2)21-16(20-15-9-6-10-19-17(15)21)14(18)11-13-7-4-3-5-8-13/h3-10,12,14H,11,18H2,1-2H3. The molecular weight excluding hydrogens is 260 g/mol. The maximum absolute atomic E-state index is 6.42. The first-order valence-electron chi connectivity index (χ1n) is 7.29. The van der Waals surface area contributed by atoms with Gasteiger partial charge in [-0.1, -0.05) is 30.3 Å². The van der Waals surface area contributed by atoms with Crippen LogP contribution in [0, 0.1) is 0 Å². The van der Waals surface area contributed by atoms with Crippen molar-refractivity contribution in [2.75, 3.05) is 0 Å². The molecule has 0 saturated heterocycles. The summed E-state index contributed by atoms with van der Waals surface area (Å²) in [6, 6.07) is 14.3. The number of nitrogens with zero attached hydrogens (tertiary/aromatic N) is 3. The summed E-state index contributed by atoms with van der Waals surface area (Å²) in [7, 11) is 0. The average Bonchev–Trinajstić information content (AvgIpc) is 2.88. The van der Waals surface area contributed by atoms with Gasteiger partial charge in [-0.15, -0.1) is 0 Å². The van der Waals surface area contributed by atoms with Gasteiger partial charge >= 0.3 is 0 Å². The molecule has 0 amide bonds. The van der Waals surface area contributed by atoms with Gasteiger partial charge in [0.1, 0.15) is 11.3 Å². The highest BCUT2D eigenvalue weighted by molar-refractivity contribution is 5.71. The van der Waals surface area contributed by atoms with Crippen LogP contribution in [0.1, 0.15) is 37.3 Å². The largest absolute Gasteiger partial charge is 0.321 e. The van der Waals surface area contributed by atoms with Crippen LogP contribution < -0.4 is 5.73 Å². The van der Waals surface area contributed by atoms with Crippen LogP contribution in [0.5, 0.6) is 0 Å². The van der Waals surface area contributed by atoms with Crippen molar-refractivity contribution in [1.82, 2.24) is 14.5 Å². The third kappa shape index (κ3) is 2.67. The van der Waals surface area contributed by atoms with Crippen LogP contribution in [0.15, 0.2) is 48.7 Å². The second-order valence-electron chi connectivity index (χ2n) is 5.58. The fraction of sp³-hybridized carbons (Fsp3) is 0.294. The van der Waals surface area contributed by atoms with E-state index in [9.17, 15) is 0 Å². The summed E-state index contributed by atoms with van der Waals surface area (Å²) in [5.41, 5.74) is 9.46. The second kappa shape index (κ2) is 5.66. The van der Waals surface area contributed by atoms with Crippen molar-refractivity contribution in [3.63, 3.8) is 0 Å². The second-order valence-corrected chi connectivity index (χ2v) is 5.58. The lowest BCUT2D eigenvalue weighted by atomic mass is 10.1. The number of pyridine rings is 1. The Morgan fingerprint density at radius 1 is 1.10 bits per heavy atom. The smallest absolute Gasteiger partial charge is 0.160 e. The van der Waals surface area contributed by atoms with Crippen molar-refractivity contribution in [2.45, 2.75) is 32.4 Å². The van der Waals surface area contributed by atoms with Crippen LogP contribution in [-0.2, 0) is 6.42 Å². The van der Waals surface area contributed by atoms with Crippen LogP contribution in [0.2, 0.25) is 0 Å². The molecule has 3 rings (SSSR count).